The van der Waals surface area contributed by atoms with Crippen LogP contribution in [-0.4, -0.2) is 43.4 Å². The van der Waals surface area contributed by atoms with Crippen molar-refractivity contribution in [2.24, 2.45) is 5.92 Å². The van der Waals surface area contributed by atoms with Gasteiger partial charge in [-0.05, 0) is 36.6 Å². The lowest BCUT2D eigenvalue weighted by Crippen LogP contribution is -2.40. The van der Waals surface area contributed by atoms with Crippen LogP contribution < -0.4 is 0 Å². The Kier molecular flexibility index (Phi) is 5.59. The number of hydrogen-bond donors (Lipinski definition) is 0. The minimum Gasteiger partial charge on any atom is -0.350 e. The van der Waals surface area contributed by atoms with Crippen LogP contribution in [0.25, 0.3) is 6.08 Å². The van der Waals surface area contributed by atoms with Crippen LogP contribution in [0.4, 0.5) is 0 Å². The molecule has 2 aliphatic heterocycles. The number of likely N-dealkylation sites (tertiary alicyclic amines) is 1. The predicted octanol–water partition coefficient (Wildman–Crippen LogP) is 3.62. The number of rotatable bonds is 3. The van der Waals surface area contributed by atoms with Crippen molar-refractivity contribution in [3.8, 4) is 0 Å². The van der Waals surface area contributed by atoms with Gasteiger partial charge in [0.25, 0.3) is 0 Å². The van der Waals surface area contributed by atoms with Crippen molar-refractivity contribution in [2.75, 3.05) is 26.3 Å². The molecule has 2 aliphatic rings. The van der Waals surface area contributed by atoms with Gasteiger partial charge in [0.15, 0.2) is 6.29 Å². The van der Waals surface area contributed by atoms with Crippen LogP contribution in [0, 0.1) is 5.92 Å². The van der Waals surface area contributed by atoms with Crippen molar-refractivity contribution in [3.63, 3.8) is 0 Å². The van der Waals surface area contributed by atoms with E-state index in [2.05, 4.69) is 0 Å². The van der Waals surface area contributed by atoms with E-state index in [0.717, 1.165) is 31.5 Å². The molecule has 0 radical (unpaired) electrons. The first kappa shape index (κ1) is 16.8. The van der Waals surface area contributed by atoms with Crippen molar-refractivity contribution < 1.29 is 14.3 Å². The molecule has 0 atom stereocenters. The zero-order valence-electron chi connectivity index (χ0n) is 12.7. The molecule has 4 nitrogen and oxygen atoms in total. The number of carbonyl (C=O) groups is 1. The molecule has 0 aromatic heterocycles. The summed E-state index contributed by atoms with van der Waals surface area (Å²) in [6, 6.07) is 5.30. The first-order valence-corrected chi connectivity index (χ1v) is 8.54. The average Bonchev–Trinajstić information content (AvgIpc) is 3.10. The molecule has 1 amide bonds. The van der Waals surface area contributed by atoms with E-state index in [1.807, 2.05) is 11.0 Å². The second-order valence-corrected chi connectivity index (χ2v) is 6.59. The quantitative estimate of drug-likeness (QED) is 0.777. The normalized spacial score (nSPS) is 20.5. The van der Waals surface area contributed by atoms with Gasteiger partial charge < -0.3 is 14.4 Å². The maximum absolute atomic E-state index is 12.3. The lowest BCUT2D eigenvalue weighted by Gasteiger charge is -2.33. The van der Waals surface area contributed by atoms with Gasteiger partial charge in [-0.2, -0.15) is 0 Å². The standard InChI is InChI=1S/C17H19Cl2NO3/c18-14-3-1-12(11-15(14)19)2-4-16(21)20-7-5-13(6-8-20)17-22-9-10-23-17/h1-4,11,13,17H,5-10H2/b4-2+. The summed E-state index contributed by atoms with van der Waals surface area (Å²) in [4.78, 5) is 14.1. The molecular formula is C17H19Cl2NO3. The molecule has 2 saturated heterocycles. The molecule has 0 unspecified atom stereocenters. The molecule has 2 heterocycles. The number of halogens is 2. The van der Waals surface area contributed by atoms with Crippen LogP contribution in [-0.2, 0) is 14.3 Å². The molecular weight excluding hydrogens is 337 g/mol. The first-order valence-electron chi connectivity index (χ1n) is 7.79. The summed E-state index contributed by atoms with van der Waals surface area (Å²) in [7, 11) is 0. The number of nitrogens with zero attached hydrogens (tertiary/aromatic N) is 1. The monoisotopic (exact) mass is 355 g/mol. The van der Waals surface area contributed by atoms with E-state index < -0.39 is 0 Å². The minimum atomic E-state index is -0.0843. The van der Waals surface area contributed by atoms with Gasteiger partial charge in [-0.1, -0.05) is 29.3 Å². The number of piperidine rings is 1. The molecule has 0 bridgehead atoms. The Hall–Kier alpha value is -1.07. The minimum absolute atomic E-state index is 0.0165. The molecule has 124 valence electrons. The number of benzene rings is 1. The van der Waals surface area contributed by atoms with Crippen molar-refractivity contribution in [2.45, 2.75) is 19.1 Å². The zero-order chi connectivity index (χ0) is 16.2. The highest BCUT2D eigenvalue weighted by Crippen LogP contribution is 2.26. The van der Waals surface area contributed by atoms with Gasteiger partial charge in [-0.25, -0.2) is 0 Å². The van der Waals surface area contributed by atoms with E-state index in [1.54, 1.807) is 24.3 Å². The molecule has 0 spiro atoms. The van der Waals surface area contributed by atoms with Crippen LogP contribution in [0.3, 0.4) is 0 Å². The van der Waals surface area contributed by atoms with Gasteiger partial charge in [0, 0.05) is 25.1 Å². The third kappa shape index (κ3) is 4.27. The molecule has 23 heavy (non-hydrogen) atoms. The van der Waals surface area contributed by atoms with Gasteiger partial charge in [0.1, 0.15) is 0 Å². The molecule has 0 N–H and O–H groups in total. The van der Waals surface area contributed by atoms with Gasteiger partial charge in [-0.15, -0.1) is 0 Å². The Bertz CT molecular complexity index is 592. The summed E-state index contributed by atoms with van der Waals surface area (Å²) < 4.78 is 11.1. The lowest BCUT2D eigenvalue weighted by atomic mass is 9.96. The highest BCUT2D eigenvalue weighted by Gasteiger charge is 2.31. The smallest absolute Gasteiger partial charge is 0.246 e. The molecule has 6 heteroatoms. The summed E-state index contributed by atoms with van der Waals surface area (Å²) >= 11 is 11.9. The second kappa shape index (κ2) is 7.67. The van der Waals surface area contributed by atoms with E-state index >= 15 is 0 Å². The van der Waals surface area contributed by atoms with E-state index in [1.165, 1.54) is 0 Å². The Labute approximate surface area is 145 Å². The van der Waals surface area contributed by atoms with E-state index in [9.17, 15) is 4.79 Å². The summed E-state index contributed by atoms with van der Waals surface area (Å²) in [6.45, 7) is 2.82. The summed E-state index contributed by atoms with van der Waals surface area (Å²) in [6.07, 6.45) is 5.09. The Balaban J connectivity index is 1.52. The molecule has 2 fully saturated rings. The van der Waals surface area contributed by atoms with E-state index in [4.69, 9.17) is 32.7 Å². The van der Waals surface area contributed by atoms with Crippen LogP contribution >= 0.6 is 23.2 Å². The van der Waals surface area contributed by atoms with Crippen molar-refractivity contribution in [1.82, 2.24) is 4.90 Å². The zero-order valence-corrected chi connectivity index (χ0v) is 14.2. The predicted molar refractivity (Wildman–Crippen MR) is 90.5 cm³/mol. The fourth-order valence-corrected chi connectivity index (χ4v) is 3.24. The Morgan fingerprint density at radius 2 is 1.83 bits per heavy atom. The first-order chi connectivity index (χ1) is 11.1. The molecule has 1 aromatic carbocycles. The topological polar surface area (TPSA) is 38.8 Å². The maximum Gasteiger partial charge on any atom is 0.246 e. The van der Waals surface area contributed by atoms with Crippen molar-refractivity contribution in [1.29, 1.82) is 0 Å². The third-order valence-corrected chi connectivity index (χ3v) is 4.98. The summed E-state index contributed by atoms with van der Waals surface area (Å²) in [5, 5.41) is 0.993. The third-order valence-electron chi connectivity index (χ3n) is 4.25. The number of amides is 1. The van der Waals surface area contributed by atoms with Crippen LogP contribution in [0.5, 0.6) is 0 Å². The average molecular weight is 356 g/mol. The highest BCUT2D eigenvalue weighted by atomic mass is 35.5. The van der Waals surface area contributed by atoms with E-state index in [-0.39, 0.29) is 12.2 Å². The van der Waals surface area contributed by atoms with Gasteiger partial charge in [0.2, 0.25) is 5.91 Å². The van der Waals surface area contributed by atoms with E-state index in [0.29, 0.717) is 29.2 Å². The number of ether oxygens (including phenoxy) is 2. The number of carbonyl (C=O) groups excluding carboxylic acids is 1. The van der Waals surface area contributed by atoms with Gasteiger partial charge >= 0.3 is 0 Å². The largest absolute Gasteiger partial charge is 0.350 e. The molecule has 0 aliphatic carbocycles. The van der Waals surface area contributed by atoms with Crippen molar-refractivity contribution >= 4 is 35.2 Å². The van der Waals surface area contributed by atoms with Crippen molar-refractivity contribution in [3.05, 3.63) is 39.9 Å². The van der Waals surface area contributed by atoms with Gasteiger partial charge in [-0.3, -0.25) is 4.79 Å². The SMILES string of the molecule is O=C(/C=C/c1ccc(Cl)c(Cl)c1)N1CCC(C2OCCO2)CC1. The second-order valence-electron chi connectivity index (χ2n) is 5.78. The number of hydrogen-bond acceptors (Lipinski definition) is 3. The van der Waals surface area contributed by atoms with Crippen LogP contribution in [0.1, 0.15) is 18.4 Å². The van der Waals surface area contributed by atoms with Gasteiger partial charge in [0.05, 0.1) is 23.3 Å². The Morgan fingerprint density at radius 3 is 2.48 bits per heavy atom. The maximum atomic E-state index is 12.3. The lowest BCUT2D eigenvalue weighted by molar-refractivity contribution is -0.131. The molecule has 1 aromatic rings. The fraction of sp³-hybridized carbons (Fsp3) is 0.471. The summed E-state index contributed by atoms with van der Waals surface area (Å²) in [5.74, 6) is 0.406. The Morgan fingerprint density at radius 1 is 1.13 bits per heavy atom. The highest BCUT2D eigenvalue weighted by molar-refractivity contribution is 6.42. The summed E-state index contributed by atoms with van der Waals surface area (Å²) in [5.41, 5.74) is 0.857. The fourth-order valence-electron chi connectivity index (χ4n) is 2.93. The van der Waals surface area contributed by atoms with Crippen LogP contribution in [0.2, 0.25) is 10.0 Å². The van der Waals surface area contributed by atoms with Crippen LogP contribution in [0.15, 0.2) is 24.3 Å². The molecule has 3 rings (SSSR count). The molecule has 0 saturated carbocycles.